The molecule has 0 saturated heterocycles. The third-order valence-corrected chi connectivity index (χ3v) is 3.44. The first-order valence-corrected chi connectivity index (χ1v) is 6.36. The second kappa shape index (κ2) is 4.94. The summed E-state index contributed by atoms with van der Waals surface area (Å²) in [5, 5.41) is 4.74. The highest BCUT2D eigenvalue weighted by atomic mass is 35.5. The molecular formula is C15H12ClFN2. The van der Waals surface area contributed by atoms with Crippen LogP contribution in [0.4, 0.5) is 10.1 Å². The second-order valence-electron chi connectivity index (χ2n) is 4.33. The van der Waals surface area contributed by atoms with Crippen molar-refractivity contribution in [2.45, 2.75) is 6.54 Å². The summed E-state index contributed by atoms with van der Waals surface area (Å²) in [5.41, 5.74) is 2.50. The highest BCUT2D eigenvalue weighted by Crippen LogP contribution is 2.22. The monoisotopic (exact) mass is 274 g/mol. The molecule has 1 heterocycles. The molecule has 2 aromatic carbocycles. The van der Waals surface area contributed by atoms with E-state index in [0.29, 0.717) is 17.1 Å². The van der Waals surface area contributed by atoms with Gasteiger partial charge in [0.25, 0.3) is 0 Å². The lowest BCUT2D eigenvalue weighted by Gasteiger charge is -2.09. The van der Waals surface area contributed by atoms with Crippen molar-refractivity contribution in [2.24, 2.45) is 0 Å². The SMILES string of the molecule is Fc1cccc(Cl)c1CNc1ccc2[nH]ccc2c1. The maximum atomic E-state index is 13.6. The third-order valence-electron chi connectivity index (χ3n) is 3.08. The van der Waals surface area contributed by atoms with Crippen LogP contribution < -0.4 is 5.32 Å². The molecule has 2 nitrogen and oxygen atoms in total. The van der Waals surface area contributed by atoms with Gasteiger partial charge in [-0.25, -0.2) is 4.39 Å². The van der Waals surface area contributed by atoms with Crippen LogP contribution in [0.5, 0.6) is 0 Å². The zero-order chi connectivity index (χ0) is 13.2. The van der Waals surface area contributed by atoms with Gasteiger partial charge >= 0.3 is 0 Å². The molecule has 0 unspecified atom stereocenters. The molecule has 3 rings (SSSR count). The van der Waals surface area contributed by atoms with Crippen molar-refractivity contribution < 1.29 is 4.39 Å². The zero-order valence-corrected chi connectivity index (χ0v) is 10.8. The van der Waals surface area contributed by atoms with Crippen LogP contribution in [0.2, 0.25) is 5.02 Å². The number of H-pyrrole nitrogens is 1. The molecule has 0 saturated carbocycles. The Kier molecular flexibility index (Phi) is 3.13. The number of hydrogen-bond acceptors (Lipinski definition) is 1. The van der Waals surface area contributed by atoms with Gasteiger partial charge in [-0.05, 0) is 36.4 Å². The third kappa shape index (κ3) is 2.42. The largest absolute Gasteiger partial charge is 0.381 e. The first kappa shape index (κ1) is 12.1. The molecular weight excluding hydrogens is 263 g/mol. The average Bonchev–Trinajstić information content (AvgIpc) is 2.85. The molecule has 0 aliphatic carbocycles. The van der Waals surface area contributed by atoms with Crippen molar-refractivity contribution in [2.75, 3.05) is 5.32 Å². The predicted molar refractivity (Wildman–Crippen MR) is 77.0 cm³/mol. The van der Waals surface area contributed by atoms with Gasteiger partial charge in [-0.3, -0.25) is 0 Å². The molecule has 0 radical (unpaired) electrons. The number of nitrogens with one attached hydrogen (secondary N) is 2. The van der Waals surface area contributed by atoms with Gasteiger partial charge in [0.2, 0.25) is 0 Å². The van der Waals surface area contributed by atoms with Gasteiger partial charge in [-0.2, -0.15) is 0 Å². The summed E-state index contributed by atoms with van der Waals surface area (Å²) >= 11 is 5.99. The highest BCUT2D eigenvalue weighted by Gasteiger charge is 2.06. The van der Waals surface area contributed by atoms with Gasteiger partial charge in [0.1, 0.15) is 5.82 Å². The summed E-state index contributed by atoms with van der Waals surface area (Å²) in [4.78, 5) is 3.13. The van der Waals surface area contributed by atoms with E-state index >= 15 is 0 Å². The Labute approximate surface area is 115 Å². The van der Waals surface area contributed by atoms with Crippen molar-refractivity contribution >= 4 is 28.2 Å². The van der Waals surface area contributed by atoms with Crippen LogP contribution >= 0.6 is 11.6 Å². The van der Waals surface area contributed by atoms with Crippen LogP contribution in [-0.2, 0) is 6.54 Å². The first-order valence-electron chi connectivity index (χ1n) is 5.98. The van der Waals surface area contributed by atoms with E-state index in [0.717, 1.165) is 16.6 Å². The van der Waals surface area contributed by atoms with E-state index in [2.05, 4.69) is 10.3 Å². The number of fused-ring (bicyclic) bond motifs is 1. The lowest BCUT2D eigenvalue weighted by Crippen LogP contribution is -2.02. The summed E-state index contributed by atoms with van der Waals surface area (Å²) in [7, 11) is 0. The fraction of sp³-hybridized carbons (Fsp3) is 0.0667. The molecule has 4 heteroatoms. The van der Waals surface area contributed by atoms with Crippen molar-refractivity contribution in [3.8, 4) is 0 Å². The number of aromatic amines is 1. The van der Waals surface area contributed by atoms with Gasteiger partial charge in [0.05, 0.1) is 0 Å². The lowest BCUT2D eigenvalue weighted by molar-refractivity contribution is 0.613. The van der Waals surface area contributed by atoms with Crippen LogP contribution in [0.3, 0.4) is 0 Å². The number of rotatable bonds is 3. The van der Waals surface area contributed by atoms with Crippen LogP contribution in [-0.4, -0.2) is 4.98 Å². The molecule has 2 N–H and O–H groups in total. The number of hydrogen-bond donors (Lipinski definition) is 2. The second-order valence-corrected chi connectivity index (χ2v) is 4.74. The number of halogens is 2. The summed E-state index contributed by atoms with van der Waals surface area (Å²) in [6.07, 6.45) is 1.89. The molecule has 0 amide bonds. The predicted octanol–water partition coefficient (Wildman–Crippen LogP) is 4.57. The van der Waals surface area contributed by atoms with Crippen LogP contribution in [0.1, 0.15) is 5.56 Å². The molecule has 0 aliphatic rings. The average molecular weight is 275 g/mol. The number of benzene rings is 2. The van der Waals surface area contributed by atoms with Crippen molar-refractivity contribution in [1.82, 2.24) is 4.98 Å². The van der Waals surface area contributed by atoms with Gasteiger partial charge in [0.15, 0.2) is 0 Å². The highest BCUT2D eigenvalue weighted by molar-refractivity contribution is 6.31. The maximum Gasteiger partial charge on any atom is 0.129 e. The Morgan fingerprint density at radius 3 is 2.89 bits per heavy atom. The molecule has 1 aromatic heterocycles. The van der Waals surface area contributed by atoms with Crippen LogP contribution in [0.15, 0.2) is 48.7 Å². The Morgan fingerprint density at radius 2 is 2.05 bits per heavy atom. The Morgan fingerprint density at radius 1 is 1.16 bits per heavy atom. The molecule has 3 aromatic rings. The van der Waals surface area contributed by atoms with Crippen molar-refractivity contribution in [1.29, 1.82) is 0 Å². The van der Waals surface area contributed by atoms with E-state index in [1.165, 1.54) is 6.07 Å². The van der Waals surface area contributed by atoms with E-state index < -0.39 is 0 Å². The standard InChI is InChI=1S/C15H12ClFN2/c16-13-2-1-3-14(17)12(13)9-19-11-4-5-15-10(8-11)6-7-18-15/h1-8,18-19H,9H2. The molecule has 96 valence electrons. The van der Waals surface area contributed by atoms with Crippen LogP contribution in [0, 0.1) is 5.82 Å². The maximum absolute atomic E-state index is 13.6. The number of aromatic nitrogens is 1. The Balaban J connectivity index is 1.82. The van der Waals surface area contributed by atoms with Crippen LogP contribution in [0.25, 0.3) is 10.9 Å². The fourth-order valence-electron chi connectivity index (χ4n) is 2.05. The first-order chi connectivity index (χ1) is 9.24. The van der Waals surface area contributed by atoms with E-state index in [1.807, 2.05) is 30.5 Å². The van der Waals surface area contributed by atoms with Gasteiger partial charge in [0, 0.05) is 39.9 Å². The summed E-state index contributed by atoms with van der Waals surface area (Å²) in [6.45, 7) is 0.363. The van der Waals surface area contributed by atoms with Crippen molar-refractivity contribution in [3.63, 3.8) is 0 Å². The minimum atomic E-state index is -0.289. The topological polar surface area (TPSA) is 27.8 Å². The lowest BCUT2D eigenvalue weighted by atomic mass is 10.2. The Bertz CT molecular complexity index is 701. The van der Waals surface area contributed by atoms with Crippen molar-refractivity contribution in [3.05, 3.63) is 65.1 Å². The molecule has 0 bridgehead atoms. The summed E-state index contributed by atoms with van der Waals surface area (Å²) in [6, 6.07) is 12.7. The van der Waals surface area contributed by atoms with E-state index in [-0.39, 0.29) is 5.82 Å². The van der Waals surface area contributed by atoms with Gasteiger partial charge in [-0.1, -0.05) is 17.7 Å². The molecule has 0 atom stereocenters. The number of anilines is 1. The minimum absolute atomic E-state index is 0.289. The molecule has 0 spiro atoms. The van der Waals surface area contributed by atoms with Gasteiger partial charge in [-0.15, -0.1) is 0 Å². The quantitative estimate of drug-likeness (QED) is 0.719. The smallest absolute Gasteiger partial charge is 0.129 e. The van der Waals surface area contributed by atoms with Gasteiger partial charge < -0.3 is 10.3 Å². The zero-order valence-electron chi connectivity index (χ0n) is 10.1. The fourth-order valence-corrected chi connectivity index (χ4v) is 2.28. The molecule has 0 aliphatic heterocycles. The minimum Gasteiger partial charge on any atom is -0.381 e. The summed E-state index contributed by atoms with van der Waals surface area (Å²) in [5.74, 6) is -0.289. The normalized spacial score (nSPS) is 10.8. The molecule has 19 heavy (non-hydrogen) atoms. The molecule has 0 fully saturated rings. The van der Waals surface area contributed by atoms with E-state index in [4.69, 9.17) is 11.6 Å². The summed E-state index contributed by atoms with van der Waals surface area (Å²) < 4.78 is 13.6. The Hall–Kier alpha value is -2.00. The van der Waals surface area contributed by atoms with E-state index in [9.17, 15) is 4.39 Å². The van der Waals surface area contributed by atoms with E-state index in [1.54, 1.807) is 12.1 Å².